The molecule has 0 bridgehead atoms. The number of carbonyl (C=O) groups excluding carboxylic acids is 1. The highest BCUT2D eigenvalue weighted by atomic mass is 35.5. The van der Waals surface area contributed by atoms with Crippen LogP contribution in [0.25, 0.3) is 11.8 Å². The van der Waals surface area contributed by atoms with Gasteiger partial charge in [-0.15, -0.1) is 0 Å². The van der Waals surface area contributed by atoms with Gasteiger partial charge in [-0.2, -0.15) is 0 Å². The van der Waals surface area contributed by atoms with E-state index in [-0.39, 0.29) is 24.3 Å². The summed E-state index contributed by atoms with van der Waals surface area (Å²) in [6.45, 7) is 2.12. The van der Waals surface area contributed by atoms with Crippen molar-refractivity contribution < 1.29 is 19.0 Å². The molecule has 0 fully saturated rings. The molecule has 0 saturated heterocycles. The maximum atomic E-state index is 14.3. The van der Waals surface area contributed by atoms with E-state index in [9.17, 15) is 9.59 Å². The van der Waals surface area contributed by atoms with E-state index in [2.05, 4.69) is 0 Å². The molecule has 2 heterocycles. The van der Waals surface area contributed by atoms with Crippen molar-refractivity contribution in [3.8, 4) is 11.5 Å². The second kappa shape index (κ2) is 13.8. The van der Waals surface area contributed by atoms with Crippen LogP contribution in [0.1, 0.15) is 35.2 Å². The van der Waals surface area contributed by atoms with Gasteiger partial charge in [0, 0.05) is 26.7 Å². The third kappa shape index (κ3) is 6.37. The molecule has 6 rings (SSSR count). The Hall–Kier alpha value is -4.63. The molecule has 0 unspecified atom stereocenters. The highest BCUT2D eigenvalue weighted by molar-refractivity contribution is 7.07. The van der Waals surface area contributed by atoms with Crippen molar-refractivity contribution in [2.75, 3.05) is 13.7 Å². The molecule has 0 radical (unpaired) electrons. The molecule has 1 aromatic heterocycles. The minimum atomic E-state index is -0.818. The monoisotopic (exact) mass is 670 g/mol. The van der Waals surface area contributed by atoms with Crippen molar-refractivity contribution in [1.82, 2.24) is 4.57 Å². The van der Waals surface area contributed by atoms with Gasteiger partial charge in [-0.25, -0.2) is 9.79 Å². The van der Waals surface area contributed by atoms with Crippen molar-refractivity contribution in [3.63, 3.8) is 0 Å². The van der Waals surface area contributed by atoms with E-state index in [4.69, 9.17) is 42.4 Å². The Morgan fingerprint density at radius 3 is 2.52 bits per heavy atom. The number of aromatic nitrogens is 1. The molecule has 4 aromatic carbocycles. The number of hydrogen-bond donors (Lipinski definition) is 0. The first kappa shape index (κ1) is 31.4. The molecule has 0 N–H and O–H groups in total. The quantitative estimate of drug-likeness (QED) is 0.161. The van der Waals surface area contributed by atoms with Crippen molar-refractivity contribution in [2.45, 2.75) is 19.6 Å². The molecule has 5 aromatic rings. The summed E-state index contributed by atoms with van der Waals surface area (Å²) in [6.07, 6.45) is 1.78. The lowest BCUT2D eigenvalue weighted by Gasteiger charge is -2.26. The molecule has 0 saturated carbocycles. The Morgan fingerprint density at radius 2 is 1.76 bits per heavy atom. The van der Waals surface area contributed by atoms with Crippen LogP contribution in [-0.4, -0.2) is 24.3 Å². The van der Waals surface area contributed by atoms with Crippen molar-refractivity contribution >= 4 is 52.3 Å². The van der Waals surface area contributed by atoms with E-state index in [0.717, 1.165) is 11.1 Å². The average molecular weight is 672 g/mol. The first-order valence-corrected chi connectivity index (χ1v) is 16.0. The number of para-hydroxylation sites is 1. The van der Waals surface area contributed by atoms with Gasteiger partial charge in [0.25, 0.3) is 5.56 Å². The molecule has 1 atom stereocenters. The van der Waals surface area contributed by atoms with Gasteiger partial charge < -0.3 is 14.2 Å². The number of benzene rings is 4. The van der Waals surface area contributed by atoms with Gasteiger partial charge in [-0.05, 0) is 48.9 Å². The van der Waals surface area contributed by atoms with Crippen LogP contribution in [0, 0.1) is 0 Å². The molecule has 0 aliphatic carbocycles. The van der Waals surface area contributed by atoms with Gasteiger partial charge in [0.2, 0.25) is 0 Å². The van der Waals surface area contributed by atoms with E-state index in [1.807, 2.05) is 84.9 Å². The normalized spacial score (nSPS) is 14.4. The summed E-state index contributed by atoms with van der Waals surface area (Å²) >= 11 is 13.7. The Morgan fingerprint density at radius 1 is 0.978 bits per heavy atom. The molecule has 46 heavy (non-hydrogen) atoms. The summed E-state index contributed by atoms with van der Waals surface area (Å²) in [5.41, 5.74) is 3.30. The fraction of sp³-hybridized carbons (Fsp3) is 0.139. The van der Waals surface area contributed by atoms with Crippen molar-refractivity contribution in [1.29, 1.82) is 0 Å². The van der Waals surface area contributed by atoms with Gasteiger partial charge >= 0.3 is 5.97 Å². The molecule has 0 spiro atoms. The van der Waals surface area contributed by atoms with Crippen LogP contribution in [0.5, 0.6) is 11.5 Å². The van der Waals surface area contributed by atoms with E-state index in [1.54, 1.807) is 36.8 Å². The average Bonchev–Trinajstić information content (AvgIpc) is 3.38. The van der Waals surface area contributed by atoms with Crippen molar-refractivity contribution in [2.24, 2.45) is 4.99 Å². The number of thiazole rings is 1. The summed E-state index contributed by atoms with van der Waals surface area (Å²) in [5, 5.41) is 1.04. The number of halogens is 2. The van der Waals surface area contributed by atoms with E-state index in [0.29, 0.717) is 47.7 Å². The zero-order valence-electron chi connectivity index (χ0n) is 24.9. The number of ether oxygens (including phenoxy) is 3. The predicted molar refractivity (Wildman–Crippen MR) is 181 cm³/mol. The Labute approximate surface area is 279 Å². The maximum Gasteiger partial charge on any atom is 0.338 e. The van der Waals surface area contributed by atoms with Gasteiger partial charge in [0.1, 0.15) is 18.1 Å². The summed E-state index contributed by atoms with van der Waals surface area (Å²) in [6, 6.07) is 28.6. The second-order valence-electron chi connectivity index (χ2n) is 10.3. The number of hydrogen-bond acceptors (Lipinski definition) is 7. The molecule has 7 nitrogen and oxygen atoms in total. The summed E-state index contributed by atoms with van der Waals surface area (Å²) in [7, 11) is 1.57. The fourth-order valence-electron chi connectivity index (χ4n) is 5.23. The van der Waals surface area contributed by atoms with Gasteiger partial charge in [0.15, 0.2) is 4.80 Å². The van der Waals surface area contributed by atoms with E-state index in [1.165, 1.54) is 11.3 Å². The minimum absolute atomic E-state index is 0.164. The van der Waals surface area contributed by atoms with Crippen molar-refractivity contribution in [3.05, 3.63) is 155 Å². The van der Waals surface area contributed by atoms with Crippen LogP contribution >= 0.6 is 34.5 Å². The highest BCUT2D eigenvalue weighted by Crippen LogP contribution is 2.36. The lowest BCUT2D eigenvalue weighted by molar-refractivity contribution is -0.138. The molecule has 10 heteroatoms. The SMILES string of the molecule is CCOC(=O)C1=C(c2ccccc2)N=c2s/c(=C/c3ccccc3OCc3ccc(Cl)cc3Cl)c(=O)n2[C@H]1c1cccc(OC)c1. The predicted octanol–water partition coefficient (Wildman–Crippen LogP) is 6.83. The fourth-order valence-corrected chi connectivity index (χ4v) is 6.69. The third-order valence-electron chi connectivity index (χ3n) is 7.39. The summed E-state index contributed by atoms with van der Waals surface area (Å²) < 4.78 is 19.2. The number of rotatable bonds is 9. The highest BCUT2D eigenvalue weighted by Gasteiger charge is 2.35. The van der Waals surface area contributed by atoms with Gasteiger partial charge in [-0.1, -0.05) is 101 Å². The second-order valence-corrected chi connectivity index (χ2v) is 12.1. The standard InChI is InChI=1S/C36H28Cl2N2O5S/c1-3-44-35(42)31-32(22-10-5-4-6-11-22)39-36-40(33(31)24-13-9-14-27(18-24)43-2)34(41)30(46-36)19-23-12-7-8-15-29(23)45-21-25-16-17-26(37)20-28(25)38/h4-20,33H,3,21H2,1-2H3/b30-19+/t33-/m0/s1. The molecule has 1 aliphatic heterocycles. The molecular formula is C36H28Cl2N2O5S. The van der Waals surface area contributed by atoms with Gasteiger partial charge in [0.05, 0.1) is 35.6 Å². The Bertz CT molecular complexity index is 2140. The maximum absolute atomic E-state index is 14.3. The molecule has 232 valence electrons. The molecule has 0 amide bonds. The largest absolute Gasteiger partial charge is 0.497 e. The van der Waals surface area contributed by atoms with E-state index < -0.39 is 12.0 Å². The van der Waals surface area contributed by atoms with Crippen LogP contribution in [0.3, 0.4) is 0 Å². The zero-order valence-corrected chi connectivity index (χ0v) is 27.2. The Balaban J connectivity index is 1.52. The first-order valence-electron chi connectivity index (χ1n) is 14.5. The van der Waals surface area contributed by atoms with Crippen LogP contribution in [0.15, 0.2) is 112 Å². The third-order valence-corrected chi connectivity index (χ3v) is 8.96. The molecular weight excluding hydrogens is 643 g/mol. The van der Waals surface area contributed by atoms with Crippen LogP contribution < -0.4 is 24.4 Å². The summed E-state index contributed by atoms with van der Waals surface area (Å²) in [5.74, 6) is 0.612. The topological polar surface area (TPSA) is 79.1 Å². The number of methoxy groups -OCH3 is 1. The van der Waals surface area contributed by atoms with Gasteiger partial charge in [-0.3, -0.25) is 9.36 Å². The summed E-state index contributed by atoms with van der Waals surface area (Å²) in [4.78, 5) is 33.3. The lowest BCUT2D eigenvalue weighted by atomic mass is 9.93. The Kier molecular flexibility index (Phi) is 9.40. The number of fused-ring (bicyclic) bond motifs is 1. The lowest BCUT2D eigenvalue weighted by Crippen LogP contribution is -2.40. The minimum Gasteiger partial charge on any atom is -0.497 e. The first-order chi connectivity index (χ1) is 22.4. The number of esters is 1. The smallest absolute Gasteiger partial charge is 0.338 e. The van der Waals surface area contributed by atoms with Crippen LogP contribution in [0.4, 0.5) is 0 Å². The number of carbonyl (C=O) groups is 1. The molecule has 1 aliphatic rings. The van der Waals surface area contributed by atoms with Crippen LogP contribution in [0.2, 0.25) is 10.0 Å². The van der Waals surface area contributed by atoms with Crippen LogP contribution in [-0.2, 0) is 16.1 Å². The zero-order chi connectivity index (χ0) is 32.2. The van der Waals surface area contributed by atoms with E-state index >= 15 is 0 Å². The number of nitrogens with zero attached hydrogens (tertiary/aromatic N) is 2.